The van der Waals surface area contributed by atoms with Crippen LogP contribution in [0.25, 0.3) is 32.7 Å². The number of esters is 1. The minimum atomic E-state index is -0.652. The van der Waals surface area contributed by atoms with Crippen molar-refractivity contribution < 1.29 is 24.1 Å². The molecular formula is C22H19N3O7S. The third-order valence-corrected chi connectivity index (χ3v) is 6.61. The standard InChI is InChI=1S/C22H19N3O7S/c1-4-30-21(28)13-9(2)33-18(17(13)26)14-15-19(25(3)22(29)24-20(15)27)23-16(14)10-5-6-11-12(7-10)32-8-31-11/h5-7,23,26H,4,8H2,1-3H3,(H,24,27,29). The summed E-state index contributed by atoms with van der Waals surface area (Å²) >= 11 is 1.15. The van der Waals surface area contributed by atoms with Gasteiger partial charge in [0.2, 0.25) is 6.79 Å². The van der Waals surface area contributed by atoms with Crippen LogP contribution in [0.1, 0.15) is 22.2 Å². The molecule has 11 heteroatoms. The van der Waals surface area contributed by atoms with Crippen molar-refractivity contribution in [1.82, 2.24) is 14.5 Å². The van der Waals surface area contributed by atoms with Crippen molar-refractivity contribution in [2.24, 2.45) is 7.05 Å². The van der Waals surface area contributed by atoms with Gasteiger partial charge in [-0.2, -0.15) is 0 Å². The molecule has 1 aliphatic rings. The van der Waals surface area contributed by atoms with E-state index in [1.54, 1.807) is 32.0 Å². The summed E-state index contributed by atoms with van der Waals surface area (Å²) in [4.78, 5) is 43.9. The smallest absolute Gasteiger partial charge is 0.343 e. The number of carbonyl (C=O) groups excluding carboxylic acids is 1. The first kappa shape index (κ1) is 20.9. The molecule has 0 saturated heterocycles. The van der Waals surface area contributed by atoms with Gasteiger partial charge in [-0.15, -0.1) is 11.3 Å². The van der Waals surface area contributed by atoms with Crippen molar-refractivity contribution >= 4 is 28.3 Å². The van der Waals surface area contributed by atoms with Crippen LogP contribution >= 0.6 is 11.3 Å². The Morgan fingerprint density at radius 2 is 2.00 bits per heavy atom. The Morgan fingerprint density at radius 3 is 2.76 bits per heavy atom. The van der Waals surface area contributed by atoms with Gasteiger partial charge in [-0.1, -0.05) is 0 Å². The van der Waals surface area contributed by atoms with E-state index in [4.69, 9.17) is 14.2 Å². The SMILES string of the molecule is CCOC(=O)c1c(C)sc(-c2c(-c3ccc4c(c3)OCO4)[nH]c3c2c(=O)[nH]c(=O)n3C)c1O. The molecule has 3 N–H and O–H groups in total. The Hall–Kier alpha value is -3.99. The minimum absolute atomic E-state index is 0.0454. The average molecular weight is 469 g/mol. The molecule has 0 atom stereocenters. The zero-order valence-electron chi connectivity index (χ0n) is 17.9. The normalized spacial score (nSPS) is 12.5. The molecule has 0 bridgehead atoms. The Bertz CT molecular complexity index is 1560. The van der Waals surface area contributed by atoms with Crippen molar-refractivity contribution in [3.8, 4) is 38.9 Å². The number of carbonyl (C=O) groups is 1. The maximum Gasteiger partial charge on any atom is 0.343 e. The highest BCUT2D eigenvalue weighted by Crippen LogP contribution is 2.48. The lowest BCUT2D eigenvalue weighted by atomic mass is 10.0. The minimum Gasteiger partial charge on any atom is -0.505 e. The molecule has 0 saturated carbocycles. The number of hydrogen-bond donors (Lipinski definition) is 3. The molecule has 0 amide bonds. The Kier molecular flexibility index (Phi) is 4.78. The highest BCUT2D eigenvalue weighted by atomic mass is 32.1. The predicted octanol–water partition coefficient (Wildman–Crippen LogP) is 2.87. The molecule has 4 heterocycles. The Balaban J connectivity index is 1.86. The van der Waals surface area contributed by atoms with Gasteiger partial charge in [0, 0.05) is 23.1 Å². The fourth-order valence-electron chi connectivity index (χ4n) is 3.95. The lowest BCUT2D eigenvalue weighted by molar-refractivity contribution is 0.0523. The van der Waals surface area contributed by atoms with E-state index in [1.807, 2.05) is 0 Å². The number of fused-ring (bicyclic) bond motifs is 2. The molecule has 0 unspecified atom stereocenters. The topological polar surface area (TPSA) is 136 Å². The van der Waals surface area contributed by atoms with Crippen molar-refractivity contribution in [3.05, 3.63) is 49.5 Å². The third kappa shape index (κ3) is 3.11. The average Bonchev–Trinajstić information content (AvgIpc) is 3.47. The highest BCUT2D eigenvalue weighted by molar-refractivity contribution is 7.16. The lowest BCUT2D eigenvalue weighted by Crippen LogP contribution is -2.28. The molecule has 170 valence electrons. The summed E-state index contributed by atoms with van der Waals surface area (Å²) in [6.45, 7) is 3.62. The molecule has 10 nitrogen and oxygen atoms in total. The van der Waals surface area contributed by atoms with Gasteiger partial charge in [-0.25, -0.2) is 9.59 Å². The van der Waals surface area contributed by atoms with Crippen LogP contribution in [0.5, 0.6) is 17.2 Å². The first-order chi connectivity index (χ1) is 15.8. The number of ether oxygens (including phenoxy) is 3. The summed E-state index contributed by atoms with van der Waals surface area (Å²) in [6.07, 6.45) is 0. The number of H-pyrrole nitrogens is 2. The van der Waals surface area contributed by atoms with Gasteiger partial charge in [0.25, 0.3) is 5.56 Å². The van der Waals surface area contributed by atoms with E-state index in [0.717, 1.165) is 11.3 Å². The molecule has 0 fully saturated rings. The number of aromatic amines is 2. The van der Waals surface area contributed by atoms with E-state index in [-0.39, 0.29) is 35.7 Å². The summed E-state index contributed by atoms with van der Waals surface area (Å²) in [7, 11) is 1.52. The second-order valence-electron chi connectivity index (χ2n) is 7.42. The fraction of sp³-hybridized carbons (Fsp3) is 0.227. The van der Waals surface area contributed by atoms with Crippen LogP contribution in [0.4, 0.5) is 0 Å². The molecule has 0 radical (unpaired) electrons. The van der Waals surface area contributed by atoms with Crippen molar-refractivity contribution in [2.75, 3.05) is 13.4 Å². The summed E-state index contributed by atoms with van der Waals surface area (Å²) in [5, 5.41) is 11.2. The van der Waals surface area contributed by atoms with E-state index in [9.17, 15) is 19.5 Å². The highest BCUT2D eigenvalue weighted by Gasteiger charge is 2.29. The van der Waals surface area contributed by atoms with Gasteiger partial charge in [0.05, 0.1) is 22.6 Å². The number of aryl methyl sites for hydroxylation is 2. The van der Waals surface area contributed by atoms with Gasteiger partial charge < -0.3 is 24.3 Å². The number of thiophene rings is 1. The second kappa shape index (κ2) is 7.55. The number of benzene rings is 1. The first-order valence-electron chi connectivity index (χ1n) is 10.1. The molecule has 33 heavy (non-hydrogen) atoms. The van der Waals surface area contributed by atoms with E-state index in [1.165, 1.54) is 11.6 Å². The van der Waals surface area contributed by atoms with Gasteiger partial charge in [0.1, 0.15) is 17.0 Å². The van der Waals surface area contributed by atoms with Gasteiger partial charge in [0.15, 0.2) is 11.5 Å². The van der Waals surface area contributed by atoms with Crippen LogP contribution in [0.3, 0.4) is 0 Å². The van der Waals surface area contributed by atoms with Crippen molar-refractivity contribution in [2.45, 2.75) is 13.8 Å². The zero-order valence-corrected chi connectivity index (χ0v) is 18.7. The molecule has 3 aromatic heterocycles. The van der Waals surface area contributed by atoms with Crippen LogP contribution in [-0.4, -0.2) is 39.0 Å². The van der Waals surface area contributed by atoms with Crippen molar-refractivity contribution in [1.29, 1.82) is 0 Å². The van der Waals surface area contributed by atoms with Gasteiger partial charge >= 0.3 is 11.7 Å². The Labute approximate surface area is 190 Å². The number of rotatable bonds is 4. The van der Waals surface area contributed by atoms with Gasteiger partial charge in [-0.05, 0) is 32.0 Å². The largest absolute Gasteiger partial charge is 0.505 e. The van der Waals surface area contributed by atoms with Crippen LogP contribution in [-0.2, 0) is 11.8 Å². The molecule has 0 spiro atoms. The van der Waals surface area contributed by atoms with E-state index in [2.05, 4.69) is 9.97 Å². The number of aromatic nitrogens is 3. The third-order valence-electron chi connectivity index (χ3n) is 5.49. The van der Waals surface area contributed by atoms with Crippen LogP contribution in [0.15, 0.2) is 27.8 Å². The maximum atomic E-state index is 12.9. The first-order valence-corrected chi connectivity index (χ1v) is 10.9. The summed E-state index contributed by atoms with van der Waals surface area (Å²) in [5.41, 5.74) is 0.591. The van der Waals surface area contributed by atoms with Gasteiger partial charge in [-0.3, -0.25) is 14.3 Å². The summed E-state index contributed by atoms with van der Waals surface area (Å²) in [6, 6.07) is 5.25. The van der Waals surface area contributed by atoms with Crippen LogP contribution < -0.4 is 20.7 Å². The van der Waals surface area contributed by atoms with Crippen LogP contribution in [0.2, 0.25) is 0 Å². The molecule has 0 aliphatic carbocycles. The summed E-state index contributed by atoms with van der Waals surface area (Å²) in [5.74, 6) is 0.174. The fourth-order valence-corrected chi connectivity index (χ4v) is 5.04. The monoisotopic (exact) mass is 469 g/mol. The molecule has 1 aromatic carbocycles. The molecule has 1 aliphatic heterocycles. The number of nitrogens with one attached hydrogen (secondary N) is 2. The van der Waals surface area contributed by atoms with E-state index in [0.29, 0.717) is 38.1 Å². The number of aromatic hydroxyl groups is 1. The molecular weight excluding hydrogens is 450 g/mol. The quantitative estimate of drug-likeness (QED) is 0.391. The van der Waals surface area contributed by atoms with E-state index >= 15 is 0 Å². The second-order valence-corrected chi connectivity index (χ2v) is 8.64. The lowest BCUT2D eigenvalue weighted by Gasteiger charge is -2.06. The molecule has 4 aromatic rings. The predicted molar refractivity (Wildman–Crippen MR) is 121 cm³/mol. The molecule has 5 rings (SSSR count). The summed E-state index contributed by atoms with van der Waals surface area (Å²) < 4.78 is 17.2. The maximum absolute atomic E-state index is 12.9. The number of nitrogens with zero attached hydrogens (tertiary/aromatic N) is 1. The van der Waals surface area contributed by atoms with E-state index < -0.39 is 17.2 Å². The zero-order chi connectivity index (χ0) is 23.4. The van der Waals surface area contributed by atoms with Crippen molar-refractivity contribution in [3.63, 3.8) is 0 Å². The Morgan fingerprint density at radius 1 is 1.24 bits per heavy atom. The van der Waals surface area contributed by atoms with Crippen LogP contribution in [0, 0.1) is 6.92 Å². The number of hydrogen-bond acceptors (Lipinski definition) is 8.